The molecule has 2 aromatic carbocycles. The zero-order chi connectivity index (χ0) is 15.7. The molecule has 0 aliphatic heterocycles. The number of nitrogens with one attached hydrogen (secondary N) is 1. The molecular formula is C15H10IN3O3. The van der Waals surface area contributed by atoms with Crippen molar-refractivity contribution in [1.29, 1.82) is 0 Å². The Kier molecular flexibility index (Phi) is 3.80. The van der Waals surface area contributed by atoms with Gasteiger partial charge in [0.25, 0.3) is 0 Å². The smallest absolute Gasteiger partial charge is 0.335 e. The number of hydrogen-bond donors (Lipinski definition) is 3. The normalized spacial score (nSPS) is 11.3. The Bertz CT molecular complexity index is 885. The number of carboxylic acid groups (broad SMARTS) is 1. The van der Waals surface area contributed by atoms with Gasteiger partial charge in [-0.15, -0.1) is 5.11 Å². The molecule has 0 unspecified atom stereocenters. The van der Waals surface area contributed by atoms with E-state index in [9.17, 15) is 9.90 Å². The van der Waals surface area contributed by atoms with Crippen molar-refractivity contribution in [1.82, 2.24) is 4.98 Å². The number of carboxylic acids is 1. The number of rotatable bonds is 3. The van der Waals surface area contributed by atoms with Crippen LogP contribution in [0.25, 0.3) is 10.9 Å². The first-order chi connectivity index (χ1) is 10.5. The van der Waals surface area contributed by atoms with Gasteiger partial charge in [-0.2, -0.15) is 5.11 Å². The average Bonchev–Trinajstić information content (AvgIpc) is 2.80. The summed E-state index contributed by atoms with van der Waals surface area (Å²) in [5.41, 5.74) is 1.82. The molecule has 22 heavy (non-hydrogen) atoms. The molecule has 0 fully saturated rings. The van der Waals surface area contributed by atoms with Crippen LogP contribution in [0.1, 0.15) is 10.4 Å². The van der Waals surface area contributed by atoms with Crippen LogP contribution in [0, 0.1) is 3.57 Å². The van der Waals surface area contributed by atoms with E-state index in [1.54, 1.807) is 12.1 Å². The number of H-pyrrole nitrogens is 1. The second kappa shape index (κ2) is 5.76. The summed E-state index contributed by atoms with van der Waals surface area (Å²) >= 11 is 2.18. The van der Waals surface area contributed by atoms with E-state index in [1.807, 2.05) is 18.2 Å². The summed E-state index contributed by atoms with van der Waals surface area (Å²) in [5, 5.41) is 27.7. The summed E-state index contributed by atoms with van der Waals surface area (Å²) in [4.78, 5) is 13.6. The predicted molar refractivity (Wildman–Crippen MR) is 90.3 cm³/mol. The zero-order valence-corrected chi connectivity index (χ0v) is 13.3. The van der Waals surface area contributed by atoms with Gasteiger partial charge in [-0.05, 0) is 65.1 Å². The Labute approximate surface area is 138 Å². The minimum atomic E-state index is -0.993. The van der Waals surface area contributed by atoms with Gasteiger partial charge in [0.15, 0.2) is 5.69 Å². The molecule has 110 valence electrons. The van der Waals surface area contributed by atoms with E-state index in [1.165, 1.54) is 12.1 Å². The molecule has 0 aliphatic rings. The minimum Gasteiger partial charge on any atom is -0.493 e. The molecule has 3 rings (SSSR count). The van der Waals surface area contributed by atoms with Crippen molar-refractivity contribution in [2.45, 2.75) is 0 Å². The van der Waals surface area contributed by atoms with Gasteiger partial charge in [-0.25, -0.2) is 4.79 Å². The van der Waals surface area contributed by atoms with Crippen molar-refractivity contribution >= 4 is 50.8 Å². The number of aromatic hydroxyl groups is 1. The zero-order valence-electron chi connectivity index (χ0n) is 11.1. The Balaban J connectivity index is 1.96. The van der Waals surface area contributed by atoms with E-state index in [4.69, 9.17) is 5.11 Å². The number of aromatic carboxylic acids is 1. The highest BCUT2D eigenvalue weighted by atomic mass is 127. The first-order valence-corrected chi connectivity index (χ1v) is 7.38. The van der Waals surface area contributed by atoms with Gasteiger partial charge in [0.1, 0.15) is 0 Å². The monoisotopic (exact) mass is 407 g/mol. The summed E-state index contributed by atoms with van der Waals surface area (Å²) in [6.45, 7) is 0. The molecule has 0 atom stereocenters. The molecule has 6 nitrogen and oxygen atoms in total. The number of benzene rings is 2. The van der Waals surface area contributed by atoms with Crippen molar-refractivity contribution in [2.75, 3.05) is 0 Å². The van der Waals surface area contributed by atoms with Gasteiger partial charge >= 0.3 is 5.97 Å². The number of fused-ring (bicyclic) bond motifs is 1. The molecule has 0 aliphatic carbocycles. The lowest BCUT2D eigenvalue weighted by atomic mass is 10.2. The molecule has 0 saturated carbocycles. The lowest BCUT2D eigenvalue weighted by molar-refractivity contribution is 0.0697. The molecule has 0 radical (unpaired) electrons. The first-order valence-electron chi connectivity index (χ1n) is 6.30. The number of nitrogens with zero attached hydrogens (tertiary/aromatic N) is 2. The molecule has 1 heterocycles. The Morgan fingerprint density at radius 3 is 2.50 bits per heavy atom. The fourth-order valence-electron chi connectivity index (χ4n) is 2.02. The molecule has 7 heteroatoms. The molecule has 0 bridgehead atoms. The van der Waals surface area contributed by atoms with Crippen LogP contribution >= 0.6 is 22.6 Å². The van der Waals surface area contributed by atoms with Gasteiger partial charge in [0.05, 0.1) is 16.8 Å². The Morgan fingerprint density at radius 1 is 1.09 bits per heavy atom. The standard InChI is InChI=1S/C15H10IN3O3/c16-9-3-6-12-11(7-9)13(14(20)17-12)19-18-10-4-1-8(2-5-10)15(21)22/h1-7,17,20H,(H,21,22). The molecule has 3 aromatic rings. The van der Waals surface area contributed by atoms with Gasteiger partial charge < -0.3 is 15.2 Å². The first kappa shape index (κ1) is 14.5. The summed E-state index contributed by atoms with van der Waals surface area (Å²) in [7, 11) is 0. The highest BCUT2D eigenvalue weighted by Gasteiger charge is 2.10. The predicted octanol–water partition coefficient (Wildman–Crippen LogP) is 4.59. The summed E-state index contributed by atoms with van der Waals surface area (Å²) in [5.74, 6) is -1.05. The maximum Gasteiger partial charge on any atom is 0.335 e. The van der Waals surface area contributed by atoms with E-state index in [-0.39, 0.29) is 11.4 Å². The molecular weight excluding hydrogens is 397 g/mol. The van der Waals surface area contributed by atoms with Crippen LogP contribution in [-0.4, -0.2) is 21.2 Å². The van der Waals surface area contributed by atoms with E-state index >= 15 is 0 Å². The third kappa shape index (κ3) is 2.80. The molecule has 0 amide bonds. The fourth-order valence-corrected chi connectivity index (χ4v) is 2.51. The lowest BCUT2D eigenvalue weighted by Gasteiger charge is -1.96. The summed E-state index contributed by atoms with van der Waals surface area (Å²) < 4.78 is 1.02. The quantitative estimate of drug-likeness (QED) is 0.438. The molecule has 3 N–H and O–H groups in total. The largest absolute Gasteiger partial charge is 0.493 e. The number of aromatic amines is 1. The average molecular weight is 407 g/mol. The fraction of sp³-hybridized carbons (Fsp3) is 0. The SMILES string of the molecule is O=C(O)c1ccc(N=Nc2c(O)[nH]c3ccc(I)cc23)cc1. The van der Waals surface area contributed by atoms with Crippen molar-refractivity contribution in [3.05, 3.63) is 51.6 Å². The van der Waals surface area contributed by atoms with Crippen molar-refractivity contribution < 1.29 is 15.0 Å². The third-order valence-corrected chi connectivity index (χ3v) is 3.76. The number of halogens is 1. The number of azo groups is 1. The van der Waals surface area contributed by atoms with Gasteiger partial charge in [0.2, 0.25) is 5.88 Å². The van der Waals surface area contributed by atoms with Crippen LogP contribution in [0.2, 0.25) is 0 Å². The van der Waals surface area contributed by atoms with Crippen LogP contribution in [0.5, 0.6) is 5.88 Å². The number of hydrogen-bond acceptors (Lipinski definition) is 4. The maximum atomic E-state index is 10.8. The Hall–Kier alpha value is -2.42. The Morgan fingerprint density at radius 2 is 1.82 bits per heavy atom. The van der Waals surface area contributed by atoms with Crippen LogP contribution in [0.3, 0.4) is 0 Å². The van der Waals surface area contributed by atoms with E-state index in [0.29, 0.717) is 11.4 Å². The number of carbonyl (C=O) groups is 1. The summed E-state index contributed by atoms with van der Waals surface area (Å²) in [6, 6.07) is 11.7. The topological polar surface area (TPSA) is 98.0 Å². The van der Waals surface area contributed by atoms with Crippen LogP contribution in [0.15, 0.2) is 52.7 Å². The second-order valence-electron chi connectivity index (χ2n) is 4.56. The maximum absolute atomic E-state index is 10.8. The van der Waals surface area contributed by atoms with Gasteiger partial charge in [0, 0.05) is 8.96 Å². The highest BCUT2D eigenvalue weighted by molar-refractivity contribution is 14.1. The van der Waals surface area contributed by atoms with Crippen molar-refractivity contribution in [3.8, 4) is 5.88 Å². The lowest BCUT2D eigenvalue weighted by Crippen LogP contribution is -1.93. The molecule has 0 spiro atoms. The summed E-state index contributed by atoms with van der Waals surface area (Å²) in [6.07, 6.45) is 0. The highest BCUT2D eigenvalue weighted by Crippen LogP contribution is 2.36. The van der Waals surface area contributed by atoms with Crippen LogP contribution < -0.4 is 0 Å². The molecule has 1 aromatic heterocycles. The number of aromatic nitrogens is 1. The van der Waals surface area contributed by atoms with Crippen molar-refractivity contribution in [3.63, 3.8) is 0 Å². The van der Waals surface area contributed by atoms with Gasteiger partial charge in [-0.3, -0.25) is 0 Å². The molecule has 0 saturated heterocycles. The second-order valence-corrected chi connectivity index (χ2v) is 5.81. The van der Waals surface area contributed by atoms with Crippen LogP contribution in [-0.2, 0) is 0 Å². The van der Waals surface area contributed by atoms with E-state index in [2.05, 4.69) is 37.8 Å². The van der Waals surface area contributed by atoms with Crippen LogP contribution in [0.4, 0.5) is 11.4 Å². The van der Waals surface area contributed by atoms with E-state index < -0.39 is 5.97 Å². The van der Waals surface area contributed by atoms with E-state index in [0.717, 1.165) is 14.5 Å². The van der Waals surface area contributed by atoms with Gasteiger partial charge in [-0.1, -0.05) is 0 Å². The van der Waals surface area contributed by atoms with Crippen molar-refractivity contribution in [2.24, 2.45) is 10.2 Å². The minimum absolute atomic E-state index is 0.0529. The third-order valence-electron chi connectivity index (χ3n) is 3.09.